The second-order valence-electron chi connectivity index (χ2n) is 5.83. The molecule has 2 heterocycles. The molecule has 0 saturated carbocycles. The number of hydrogen-bond donors (Lipinski definition) is 2. The predicted octanol–water partition coefficient (Wildman–Crippen LogP) is 2.20. The SMILES string of the molecule is C[C@H](OC(=O)/C=C/c1ccc2c(c1)OCCO2)C(=O)Nc1sccc1C(N)=O. The highest BCUT2D eigenvalue weighted by atomic mass is 32.1. The van der Waals surface area contributed by atoms with Crippen molar-refractivity contribution in [3.63, 3.8) is 0 Å². The number of nitrogens with one attached hydrogen (secondary N) is 1. The third-order valence-corrected chi connectivity index (χ3v) is 4.64. The van der Waals surface area contributed by atoms with E-state index in [0.717, 1.165) is 16.9 Å². The molecule has 2 amide bonds. The van der Waals surface area contributed by atoms with Gasteiger partial charge in [-0.3, -0.25) is 9.59 Å². The molecule has 1 aromatic heterocycles. The second kappa shape index (κ2) is 8.57. The van der Waals surface area contributed by atoms with Gasteiger partial charge < -0.3 is 25.3 Å². The first-order chi connectivity index (χ1) is 13.4. The molecule has 0 unspecified atom stereocenters. The average Bonchev–Trinajstić information content (AvgIpc) is 3.14. The van der Waals surface area contributed by atoms with Gasteiger partial charge in [0.1, 0.15) is 18.2 Å². The first kappa shape index (κ1) is 19.4. The molecule has 28 heavy (non-hydrogen) atoms. The van der Waals surface area contributed by atoms with Crippen LogP contribution < -0.4 is 20.5 Å². The van der Waals surface area contributed by atoms with Crippen LogP contribution in [0.15, 0.2) is 35.7 Å². The van der Waals surface area contributed by atoms with Crippen LogP contribution in [0.1, 0.15) is 22.8 Å². The number of rotatable bonds is 6. The Balaban J connectivity index is 1.56. The molecule has 0 aliphatic carbocycles. The topological polar surface area (TPSA) is 117 Å². The van der Waals surface area contributed by atoms with Crippen molar-refractivity contribution in [1.29, 1.82) is 0 Å². The Morgan fingerprint density at radius 2 is 1.96 bits per heavy atom. The molecule has 1 atom stereocenters. The summed E-state index contributed by atoms with van der Waals surface area (Å²) in [5, 5.41) is 4.47. The number of carbonyl (C=O) groups excluding carboxylic acids is 3. The highest BCUT2D eigenvalue weighted by molar-refractivity contribution is 7.14. The zero-order chi connectivity index (χ0) is 20.1. The Kier molecular flexibility index (Phi) is 5.95. The smallest absolute Gasteiger partial charge is 0.331 e. The summed E-state index contributed by atoms with van der Waals surface area (Å²) in [5.74, 6) is -0.635. The highest BCUT2D eigenvalue weighted by Crippen LogP contribution is 2.31. The number of esters is 1. The van der Waals surface area contributed by atoms with E-state index in [9.17, 15) is 14.4 Å². The van der Waals surface area contributed by atoms with Crippen LogP contribution in [0.4, 0.5) is 5.00 Å². The molecule has 0 fully saturated rings. The average molecular weight is 402 g/mol. The number of hydrogen-bond acceptors (Lipinski definition) is 7. The lowest BCUT2D eigenvalue weighted by Gasteiger charge is -2.18. The lowest BCUT2D eigenvalue weighted by Crippen LogP contribution is -2.29. The molecular formula is C19H18N2O6S. The summed E-state index contributed by atoms with van der Waals surface area (Å²) < 4.78 is 16.0. The number of carbonyl (C=O) groups is 3. The van der Waals surface area contributed by atoms with Crippen LogP contribution in [0.2, 0.25) is 0 Å². The molecule has 1 aliphatic rings. The zero-order valence-electron chi connectivity index (χ0n) is 15.0. The molecule has 0 spiro atoms. The highest BCUT2D eigenvalue weighted by Gasteiger charge is 2.20. The van der Waals surface area contributed by atoms with Gasteiger partial charge in [0, 0.05) is 6.08 Å². The van der Waals surface area contributed by atoms with Gasteiger partial charge in [0.15, 0.2) is 17.6 Å². The summed E-state index contributed by atoms with van der Waals surface area (Å²) >= 11 is 1.15. The second-order valence-corrected chi connectivity index (χ2v) is 6.75. The minimum atomic E-state index is -1.06. The Labute approximate surface area is 164 Å². The Morgan fingerprint density at radius 1 is 1.21 bits per heavy atom. The minimum absolute atomic E-state index is 0.204. The summed E-state index contributed by atoms with van der Waals surface area (Å²) in [6.45, 7) is 2.40. The summed E-state index contributed by atoms with van der Waals surface area (Å²) in [6.07, 6.45) is 1.71. The van der Waals surface area contributed by atoms with Gasteiger partial charge in [-0.2, -0.15) is 0 Å². The van der Waals surface area contributed by atoms with E-state index in [0.29, 0.717) is 29.7 Å². The zero-order valence-corrected chi connectivity index (χ0v) is 15.8. The molecule has 0 radical (unpaired) electrons. The molecule has 0 saturated heterocycles. The number of primary amides is 1. The predicted molar refractivity (Wildman–Crippen MR) is 103 cm³/mol. The van der Waals surface area contributed by atoms with Gasteiger partial charge in [-0.15, -0.1) is 11.3 Å². The van der Waals surface area contributed by atoms with E-state index in [1.165, 1.54) is 19.1 Å². The summed E-state index contributed by atoms with van der Waals surface area (Å²) in [7, 11) is 0. The van der Waals surface area contributed by atoms with E-state index in [1.54, 1.807) is 29.7 Å². The minimum Gasteiger partial charge on any atom is -0.486 e. The van der Waals surface area contributed by atoms with E-state index in [-0.39, 0.29) is 5.56 Å². The lowest BCUT2D eigenvalue weighted by atomic mass is 10.2. The molecule has 1 aliphatic heterocycles. The maximum atomic E-state index is 12.2. The molecular weight excluding hydrogens is 384 g/mol. The Morgan fingerprint density at radius 3 is 2.71 bits per heavy atom. The molecule has 2 aromatic rings. The van der Waals surface area contributed by atoms with Crippen LogP contribution in [0.3, 0.4) is 0 Å². The quantitative estimate of drug-likeness (QED) is 0.565. The normalized spacial score (nSPS) is 13.8. The van der Waals surface area contributed by atoms with Crippen molar-refractivity contribution in [3.05, 3.63) is 46.8 Å². The van der Waals surface area contributed by atoms with Crippen molar-refractivity contribution >= 4 is 40.2 Å². The fourth-order valence-corrected chi connectivity index (χ4v) is 3.20. The molecule has 1 aromatic carbocycles. The van der Waals surface area contributed by atoms with Gasteiger partial charge in [-0.1, -0.05) is 6.07 Å². The van der Waals surface area contributed by atoms with Crippen LogP contribution >= 0.6 is 11.3 Å². The maximum Gasteiger partial charge on any atom is 0.331 e. The van der Waals surface area contributed by atoms with Gasteiger partial charge >= 0.3 is 5.97 Å². The third kappa shape index (κ3) is 4.68. The summed E-state index contributed by atoms with van der Waals surface area (Å²) in [6, 6.07) is 6.79. The van der Waals surface area contributed by atoms with Crippen molar-refractivity contribution in [3.8, 4) is 11.5 Å². The standard InChI is InChI=1S/C19H18N2O6S/c1-11(18(24)21-19-13(17(20)23)6-9-28-19)27-16(22)5-3-12-2-4-14-15(10-12)26-8-7-25-14/h2-6,9-11H,7-8H2,1H3,(H2,20,23)(H,21,24)/b5-3+/t11-/m0/s1. The number of benzene rings is 1. The van der Waals surface area contributed by atoms with Crippen LogP contribution in [0.5, 0.6) is 11.5 Å². The maximum absolute atomic E-state index is 12.2. The first-order valence-electron chi connectivity index (χ1n) is 8.40. The van der Waals surface area contributed by atoms with Crippen molar-refractivity contribution < 1.29 is 28.6 Å². The number of fused-ring (bicyclic) bond motifs is 1. The van der Waals surface area contributed by atoms with Crippen LogP contribution in [0.25, 0.3) is 6.08 Å². The van der Waals surface area contributed by atoms with Crippen LogP contribution in [-0.2, 0) is 14.3 Å². The number of amides is 2. The van der Waals surface area contributed by atoms with E-state index in [1.807, 2.05) is 0 Å². The van der Waals surface area contributed by atoms with E-state index in [2.05, 4.69) is 5.32 Å². The van der Waals surface area contributed by atoms with Crippen molar-refractivity contribution in [2.45, 2.75) is 13.0 Å². The van der Waals surface area contributed by atoms with Crippen molar-refractivity contribution in [1.82, 2.24) is 0 Å². The molecule has 0 bridgehead atoms. The molecule has 3 rings (SSSR count). The van der Waals surface area contributed by atoms with Gasteiger partial charge in [0.05, 0.1) is 5.56 Å². The Bertz CT molecular complexity index is 936. The van der Waals surface area contributed by atoms with Crippen molar-refractivity contribution in [2.75, 3.05) is 18.5 Å². The Hall–Kier alpha value is -3.33. The van der Waals surface area contributed by atoms with E-state index >= 15 is 0 Å². The number of ether oxygens (including phenoxy) is 3. The number of thiophene rings is 1. The van der Waals surface area contributed by atoms with Gasteiger partial charge in [0.2, 0.25) is 0 Å². The molecule has 9 heteroatoms. The van der Waals surface area contributed by atoms with Crippen LogP contribution in [0, 0.1) is 0 Å². The fraction of sp³-hybridized carbons (Fsp3) is 0.211. The van der Waals surface area contributed by atoms with Crippen LogP contribution in [-0.4, -0.2) is 37.1 Å². The first-order valence-corrected chi connectivity index (χ1v) is 9.28. The van der Waals surface area contributed by atoms with E-state index < -0.39 is 23.9 Å². The summed E-state index contributed by atoms with van der Waals surface area (Å²) in [4.78, 5) is 35.4. The molecule has 3 N–H and O–H groups in total. The van der Waals surface area contributed by atoms with Gasteiger partial charge in [-0.25, -0.2) is 4.79 Å². The largest absolute Gasteiger partial charge is 0.486 e. The van der Waals surface area contributed by atoms with Gasteiger partial charge in [-0.05, 0) is 42.1 Å². The lowest BCUT2D eigenvalue weighted by molar-refractivity contribution is -0.148. The number of anilines is 1. The third-order valence-electron chi connectivity index (χ3n) is 3.81. The fourth-order valence-electron chi connectivity index (χ4n) is 2.41. The number of nitrogens with two attached hydrogens (primary N) is 1. The molecule has 8 nitrogen and oxygen atoms in total. The van der Waals surface area contributed by atoms with Crippen molar-refractivity contribution in [2.24, 2.45) is 5.73 Å². The summed E-state index contributed by atoms with van der Waals surface area (Å²) in [5.41, 5.74) is 6.16. The van der Waals surface area contributed by atoms with Gasteiger partial charge in [0.25, 0.3) is 11.8 Å². The van der Waals surface area contributed by atoms with E-state index in [4.69, 9.17) is 19.9 Å². The monoisotopic (exact) mass is 402 g/mol. The molecule has 146 valence electrons.